The number of amides is 1. The zero-order valence-electron chi connectivity index (χ0n) is 20.2. The second-order valence-electron chi connectivity index (χ2n) is 8.49. The molecule has 4 rings (SSSR count). The third kappa shape index (κ3) is 5.98. The van der Waals surface area contributed by atoms with E-state index >= 15 is 0 Å². The third-order valence-electron chi connectivity index (χ3n) is 5.82. The Bertz CT molecular complexity index is 1290. The molecule has 7 heteroatoms. The molecular formula is C28H30BrN3O2S. The summed E-state index contributed by atoms with van der Waals surface area (Å²) >= 11 is 5.18. The zero-order chi connectivity index (χ0) is 24.8. The van der Waals surface area contributed by atoms with E-state index in [1.54, 1.807) is 18.4 Å². The number of hydrogen-bond acceptors (Lipinski definition) is 5. The number of hydrogen-bond donors (Lipinski definition) is 2. The van der Waals surface area contributed by atoms with E-state index in [0.29, 0.717) is 12.2 Å². The van der Waals surface area contributed by atoms with Crippen LogP contribution in [0, 0.1) is 6.92 Å². The normalized spacial score (nSPS) is 12.1. The second kappa shape index (κ2) is 11.9. The van der Waals surface area contributed by atoms with Crippen LogP contribution in [0.4, 0.5) is 5.69 Å². The topological polar surface area (TPSA) is 63.3 Å². The van der Waals surface area contributed by atoms with Crippen LogP contribution in [0.15, 0.2) is 65.1 Å². The van der Waals surface area contributed by atoms with E-state index in [-0.39, 0.29) is 11.9 Å². The highest BCUT2D eigenvalue weighted by Gasteiger charge is 2.26. The van der Waals surface area contributed by atoms with E-state index < -0.39 is 0 Å². The number of nitrogens with zero attached hydrogens (tertiary/aromatic N) is 1. The number of carbonyl (C=O) groups is 1. The average molecular weight is 553 g/mol. The van der Waals surface area contributed by atoms with Crippen LogP contribution in [0.2, 0.25) is 0 Å². The fraction of sp³-hybridized carbons (Fsp3) is 0.286. The van der Waals surface area contributed by atoms with Crippen molar-refractivity contribution in [2.24, 2.45) is 0 Å². The maximum Gasteiger partial charge on any atom is 0.255 e. The molecule has 0 unspecified atom stereocenters. The second-order valence-corrected chi connectivity index (χ2v) is 10.4. The number of anilines is 1. The van der Waals surface area contributed by atoms with Crippen molar-refractivity contribution in [1.29, 1.82) is 0 Å². The van der Waals surface area contributed by atoms with E-state index in [1.165, 1.54) is 0 Å². The van der Waals surface area contributed by atoms with Gasteiger partial charge in [0.15, 0.2) is 0 Å². The van der Waals surface area contributed by atoms with E-state index in [0.717, 1.165) is 61.5 Å². The summed E-state index contributed by atoms with van der Waals surface area (Å²) in [6, 6.07) is 19.6. The number of fused-ring (bicyclic) bond motifs is 1. The first-order valence-corrected chi connectivity index (χ1v) is 13.4. The van der Waals surface area contributed by atoms with Crippen molar-refractivity contribution >= 4 is 49.1 Å². The summed E-state index contributed by atoms with van der Waals surface area (Å²) in [5.74, 6) is -0.140. The van der Waals surface area contributed by atoms with Gasteiger partial charge in [0.2, 0.25) is 0 Å². The van der Waals surface area contributed by atoms with E-state index in [9.17, 15) is 4.79 Å². The van der Waals surface area contributed by atoms with Crippen molar-refractivity contribution in [2.45, 2.75) is 39.3 Å². The van der Waals surface area contributed by atoms with Crippen molar-refractivity contribution in [3.8, 4) is 0 Å². The molecule has 0 fully saturated rings. The number of benzene rings is 2. The molecule has 5 nitrogen and oxygen atoms in total. The summed E-state index contributed by atoms with van der Waals surface area (Å²) in [6.07, 6.45) is 2.17. The van der Waals surface area contributed by atoms with Gasteiger partial charge in [-0.05, 0) is 61.3 Å². The lowest BCUT2D eigenvalue weighted by Gasteiger charge is -2.21. The first kappa shape index (κ1) is 25.5. The Labute approximate surface area is 219 Å². The number of rotatable bonds is 10. The lowest BCUT2D eigenvalue weighted by molar-refractivity contribution is 0.102. The fourth-order valence-electron chi connectivity index (χ4n) is 4.14. The molecule has 2 aromatic heterocycles. The Morgan fingerprint density at radius 2 is 1.89 bits per heavy atom. The number of thiophene rings is 1. The van der Waals surface area contributed by atoms with Crippen LogP contribution in [0.3, 0.4) is 0 Å². The van der Waals surface area contributed by atoms with E-state index in [4.69, 9.17) is 9.72 Å². The molecule has 35 heavy (non-hydrogen) atoms. The summed E-state index contributed by atoms with van der Waals surface area (Å²) in [7, 11) is 1.69. The molecule has 2 aromatic carbocycles. The molecule has 182 valence electrons. The van der Waals surface area contributed by atoms with Crippen molar-refractivity contribution in [2.75, 3.05) is 19.0 Å². The van der Waals surface area contributed by atoms with Gasteiger partial charge in [-0.2, -0.15) is 0 Å². The Morgan fingerprint density at radius 3 is 2.57 bits per heavy atom. The van der Waals surface area contributed by atoms with Crippen LogP contribution in [-0.4, -0.2) is 24.5 Å². The summed E-state index contributed by atoms with van der Waals surface area (Å²) < 4.78 is 6.56. The summed E-state index contributed by atoms with van der Waals surface area (Å²) in [5.41, 5.74) is 4.50. The Morgan fingerprint density at radius 1 is 1.14 bits per heavy atom. The molecule has 0 radical (unpaired) electrons. The predicted molar refractivity (Wildman–Crippen MR) is 148 cm³/mol. The number of unbranched alkanes of at least 4 members (excludes halogenated alkanes) is 1. The molecule has 0 bridgehead atoms. The Kier molecular flexibility index (Phi) is 8.68. The van der Waals surface area contributed by atoms with Crippen LogP contribution in [-0.2, 0) is 11.3 Å². The van der Waals surface area contributed by atoms with Gasteiger partial charge in [-0.25, -0.2) is 4.98 Å². The number of halogens is 1. The van der Waals surface area contributed by atoms with Crippen molar-refractivity contribution in [3.63, 3.8) is 0 Å². The van der Waals surface area contributed by atoms with Crippen LogP contribution in [0.25, 0.3) is 10.2 Å². The highest BCUT2D eigenvalue weighted by atomic mass is 79.9. The number of ether oxygens (including phenoxy) is 1. The molecule has 2 N–H and O–H groups in total. The molecule has 1 amide bonds. The van der Waals surface area contributed by atoms with Gasteiger partial charge in [0.25, 0.3) is 5.91 Å². The predicted octanol–water partition coefficient (Wildman–Crippen LogP) is 7.25. The summed E-state index contributed by atoms with van der Waals surface area (Å²) in [5, 5.41) is 7.93. The third-order valence-corrected chi connectivity index (χ3v) is 7.49. The molecule has 0 saturated carbocycles. The van der Waals surface area contributed by atoms with Gasteiger partial charge in [0.05, 0.1) is 23.2 Å². The molecule has 0 saturated heterocycles. The lowest BCUT2D eigenvalue weighted by atomic mass is 10.0. The number of methoxy groups -OCH3 is 1. The monoisotopic (exact) mass is 551 g/mol. The largest absolute Gasteiger partial charge is 0.380 e. The highest BCUT2D eigenvalue weighted by molar-refractivity contribution is 9.10. The van der Waals surface area contributed by atoms with E-state index in [2.05, 4.69) is 57.8 Å². The van der Waals surface area contributed by atoms with Gasteiger partial charge in [0.1, 0.15) is 4.83 Å². The van der Waals surface area contributed by atoms with Crippen molar-refractivity contribution in [3.05, 3.63) is 92.4 Å². The van der Waals surface area contributed by atoms with Gasteiger partial charge >= 0.3 is 0 Å². The molecule has 0 aliphatic heterocycles. The SMILES string of the molecule is CCCCN[C@@H](c1ccc(Br)cc1)c1sc2nc(C)cc(COC)c2c1NC(=O)c1ccccc1. The first-order chi connectivity index (χ1) is 17.0. The van der Waals surface area contributed by atoms with Gasteiger partial charge < -0.3 is 15.4 Å². The minimum Gasteiger partial charge on any atom is -0.380 e. The maximum atomic E-state index is 13.3. The lowest BCUT2D eigenvalue weighted by Crippen LogP contribution is -2.24. The molecule has 1 atom stereocenters. The molecule has 0 aliphatic carbocycles. The van der Waals surface area contributed by atoms with Crippen molar-refractivity contribution in [1.82, 2.24) is 10.3 Å². The minimum atomic E-state index is -0.140. The highest BCUT2D eigenvalue weighted by Crippen LogP contribution is 2.43. The Hall–Kier alpha value is -2.58. The number of aromatic nitrogens is 1. The Balaban J connectivity index is 1.89. The van der Waals surface area contributed by atoms with Crippen molar-refractivity contribution < 1.29 is 9.53 Å². The van der Waals surface area contributed by atoms with Gasteiger partial charge in [-0.3, -0.25) is 4.79 Å². The fourth-order valence-corrected chi connectivity index (χ4v) is 5.73. The van der Waals surface area contributed by atoms with Gasteiger partial charge in [-0.1, -0.05) is 59.6 Å². The summed E-state index contributed by atoms with van der Waals surface area (Å²) in [6.45, 7) is 5.49. The number of aryl methyl sites for hydroxylation is 1. The van der Waals surface area contributed by atoms with Crippen LogP contribution in [0.1, 0.15) is 57.9 Å². The van der Waals surface area contributed by atoms with Crippen LogP contribution < -0.4 is 10.6 Å². The molecule has 2 heterocycles. The number of nitrogens with one attached hydrogen (secondary N) is 2. The van der Waals surface area contributed by atoms with Gasteiger partial charge in [-0.15, -0.1) is 11.3 Å². The summed E-state index contributed by atoms with van der Waals surface area (Å²) in [4.78, 5) is 20.1. The molecular weight excluding hydrogens is 522 g/mol. The molecule has 0 spiro atoms. The smallest absolute Gasteiger partial charge is 0.255 e. The van der Waals surface area contributed by atoms with Crippen LogP contribution >= 0.6 is 27.3 Å². The zero-order valence-corrected chi connectivity index (χ0v) is 22.6. The van der Waals surface area contributed by atoms with Gasteiger partial charge in [0, 0.05) is 28.2 Å². The minimum absolute atomic E-state index is 0.0874. The van der Waals surface area contributed by atoms with Crippen LogP contribution in [0.5, 0.6) is 0 Å². The van der Waals surface area contributed by atoms with E-state index in [1.807, 2.05) is 43.3 Å². The first-order valence-electron chi connectivity index (χ1n) is 11.8. The molecule has 4 aromatic rings. The average Bonchev–Trinajstić information content (AvgIpc) is 3.21. The standard InChI is InChI=1S/C28H30BrN3O2S/c1-4-5-15-30-24(19-11-13-22(29)14-12-19)26-25(32-27(33)20-9-7-6-8-10-20)23-21(17-34-3)16-18(2)31-28(23)35-26/h6-14,16,24,30H,4-5,15,17H2,1-3H3,(H,32,33)/t24-/m0/s1. The maximum absolute atomic E-state index is 13.3. The quantitative estimate of drug-likeness (QED) is 0.204. The molecule has 0 aliphatic rings. The number of carbonyl (C=O) groups excluding carboxylic acids is 1. The number of pyridine rings is 1.